The first-order valence-corrected chi connectivity index (χ1v) is 10.4. The Hall–Kier alpha value is -2.99. The van der Waals surface area contributed by atoms with Gasteiger partial charge in [-0.1, -0.05) is 36.4 Å². The predicted molar refractivity (Wildman–Crippen MR) is 113 cm³/mol. The Morgan fingerprint density at radius 1 is 1.00 bits per heavy atom. The highest BCUT2D eigenvalue weighted by atomic mass is 16.3. The van der Waals surface area contributed by atoms with E-state index in [0.29, 0.717) is 31.5 Å². The van der Waals surface area contributed by atoms with Crippen molar-refractivity contribution in [1.82, 2.24) is 9.80 Å². The Morgan fingerprint density at radius 3 is 2.33 bits per heavy atom. The fraction of sp³-hybridized carbons (Fsp3) is 0.375. The Balaban J connectivity index is 1.52. The van der Waals surface area contributed by atoms with Crippen molar-refractivity contribution >= 4 is 17.6 Å². The fourth-order valence-corrected chi connectivity index (χ4v) is 4.28. The van der Waals surface area contributed by atoms with Crippen LogP contribution in [-0.4, -0.2) is 64.3 Å². The van der Waals surface area contributed by atoms with Crippen LogP contribution in [0.4, 0.5) is 0 Å². The Bertz CT molecular complexity index is 961. The first-order chi connectivity index (χ1) is 14.4. The van der Waals surface area contributed by atoms with E-state index in [1.165, 1.54) is 4.90 Å². The van der Waals surface area contributed by atoms with E-state index in [4.69, 9.17) is 0 Å². The van der Waals surface area contributed by atoms with Crippen LogP contribution in [0.25, 0.3) is 11.1 Å². The minimum absolute atomic E-state index is 0.0365. The van der Waals surface area contributed by atoms with Crippen LogP contribution in [0.1, 0.15) is 35.2 Å². The van der Waals surface area contributed by atoms with Crippen LogP contribution < -0.4 is 0 Å². The van der Waals surface area contributed by atoms with Gasteiger partial charge in [0, 0.05) is 25.1 Å². The largest absolute Gasteiger partial charge is 0.393 e. The zero-order valence-electron chi connectivity index (χ0n) is 17.1. The van der Waals surface area contributed by atoms with Crippen LogP contribution in [0.15, 0.2) is 48.5 Å². The summed E-state index contributed by atoms with van der Waals surface area (Å²) >= 11 is 0. The number of piperidine rings is 1. The van der Waals surface area contributed by atoms with Gasteiger partial charge in [-0.25, -0.2) is 0 Å². The number of aliphatic hydroxyl groups is 1. The van der Waals surface area contributed by atoms with E-state index in [1.54, 1.807) is 17.0 Å². The lowest BCUT2D eigenvalue weighted by atomic mass is 9.99. The molecule has 1 N–H and O–H groups in total. The van der Waals surface area contributed by atoms with Crippen LogP contribution in [0.2, 0.25) is 0 Å². The number of rotatable bonds is 3. The van der Waals surface area contributed by atoms with E-state index in [-0.39, 0.29) is 36.7 Å². The molecule has 0 radical (unpaired) electrons. The zero-order valence-corrected chi connectivity index (χ0v) is 17.1. The average Bonchev–Trinajstić information content (AvgIpc) is 3.15. The number of amides is 2. The maximum absolute atomic E-state index is 13.1. The molecule has 2 saturated heterocycles. The predicted octanol–water partition coefficient (Wildman–Crippen LogP) is 2.43. The summed E-state index contributed by atoms with van der Waals surface area (Å²) in [5.41, 5.74) is 3.74. The molecule has 30 heavy (non-hydrogen) atoms. The normalized spacial score (nSPS) is 19.9. The lowest BCUT2D eigenvalue weighted by Gasteiger charge is -2.33. The maximum Gasteiger partial charge on any atom is 0.254 e. The second-order valence-electron chi connectivity index (χ2n) is 8.14. The Kier molecular flexibility index (Phi) is 5.68. The monoisotopic (exact) mass is 406 g/mol. The molecule has 4 rings (SSSR count). The molecule has 6 heteroatoms. The molecule has 1 atom stereocenters. The molecule has 2 aromatic carbocycles. The third-order valence-electron chi connectivity index (χ3n) is 6.05. The van der Waals surface area contributed by atoms with Crippen molar-refractivity contribution in [1.29, 1.82) is 0 Å². The van der Waals surface area contributed by atoms with Gasteiger partial charge in [0.05, 0.1) is 12.6 Å². The molecular weight excluding hydrogens is 380 g/mol. The molecule has 0 aliphatic carbocycles. The highest BCUT2D eigenvalue weighted by molar-refractivity contribution is 6.04. The second-order valence-corrected chi connectivity index (χ2v) is 8.14. The summed E-state index contributed by atoms with van der Waals surface area (Å²) in [6.45, 7) is 2.92. The lowest BCUT2D eigenvalue weighted by molar-refractivity contribution is -0.137. The Labute approximate surface area is 176 Å². The van der Waals surface area contributed by atoms with Gasteiger partial charge in [0.2, 0.25) is 5.91 Å². The zero-order chi connectivity index (χ0) is 21.3. The third kappa shape index (κ3) is 4.00. The number of benzene rings is 2. The number of hydrogen-bond acceptors (Lipinski definition) is 4. The molecule has 0 aromatic heterocycles. The summed E-state index contributed by atoms with van der Waals surface area (Å²) in [5.74, 6) is -0.597. The standard InChI is InChI=1S/C24H26N2O4/c1-16-4-2-3-5-21(16)17-6-8-18(9-7-17)23(29)26-15-20(28)14-22(26)24(30)25-12-10-19(27)11-13-25/h2-9,19,22,27H,10-15H2,1H3. The molecule has 2 aliphatic heterocycles. The SMILES string of the molecule is Cc1ccccc1-c1ccc(C(=O)N2CC(=O)CC2C(=O)N2CCC(O)CC2)cc1. The maximum atomic E-state index is 13.1. The van der Waals surface area contributed by atoms with Crippen molar-refractivity contribution in [2.45, 2.75) is 38.3 Å². The van der Waals surface area contributed by atoms with Crippen molar-refractivity contribution < 1.29 is 19.5 Å². The summed E-state index contributed by atoms with van der Waals surface area (Å²) in [4.78, 5) is 41.3. The molecule has 156 valence electrons. The number of ketones is 1. The molecule has 0 bridgehead atoms. The fourth-order valence-electron chi connectivity index (χ4n) is 4.28. The third-order valence-corrected chi connectivity index (χ3v) is 6.05. The van der Waals surface area contributed by atoms with Crippen molar-refractivity contribution in [2.75, 3.05) is 19.6 Å². The average molecular weight is 406 g/mol. The number of carbonyl (C=O) groups is 3. The molecule has 6 nitrogen and oxygen atoms in total. The van der Waals surface area contributed by atoms with Gasteiger partial charge in [0.15, 0.2) is 5.78 Å². The highest BCUT2D eigenvalue weighted by Crippen LogP contribution is 2.26. The van der Waals surface area contributed by atoms with E-state index >= 15 is 0 Å². The minimum atomic E-state index is -0.753. The molecule has 2 fully saturated rings. The molecular formula is C24H26N2O4. The summed E-state index contributed by atoms with van der Waals surface area (Å²) in [7, 11) is 0. The quantitative estimate of drug-likeness (QED) is 0.849. The van der Waals surface area contributed by atoms with Crippen molar-refractivity contribution in [3.05, 3.63) is 59.7 Å². The number of aryl methyl sites for hydroxylation is 1. The summed E-state index contributed by atoms with van der Waals surface area (Å²) in [6, 6.07) is 14.6. The summed E-state index contributed by atoms with van der Waals surface area (Å²) in [5, 5.41) is 9.67. The van der Waals surface area contributed by atoms with E-state index in [1.807, 2.05) is 43.3 Å². The van der Waals surface area contributed by atoms with Crippen molar-refractivity contribution in [2.24, 2.45) is 0 Å². The van der Waals surface area contributed by atoms with Gasteiger partial charge in [-0.15, -0.1) is 0 Å². The van der Waals surface area contributed by atoms with Crippen LogP contribution in [0.3, 0.4) is 0 Å². The number of hydrogen-bond donors (Lipinski definition) is 1. The molecule has 2 aromatic rings. The first-order valence-electron chi connectivity index (χ1n) is 10.4. The van der Waals surface area contributed by atoms with Crippen LogP contribution >= 0.6 is 0 Å². The van der Waals surface area contributed by atoms with Crippen LogP contribution in [-0.2, 0) is 9.59 Å². The molecule has 2 heterocycles. The number of likely N-dealkylation sites (tertiary alicyclic amines) is 2. The molecule has 1 unspecified atom stereocenters. The van der Waals surface area contributed by atoms with E-state index in [2.05, 4.69) is 0 Å². The highest BCUT2D eigenvalue weighted by Gasteiger charge is 2.41. The van der Waals surface area contributed by atoms with Crippen LogP contribution in [0, 0.1) is 6.92 Å². The topological polar surface area (TPSA) is 77.9 Å². The number of carbonyl (C=O) groups excluding carboxylic acids is 3. The molecule has 0 spiro atoms. The second kappa shape index (κ2) is 8.40. The molecule has 2 aliphatic rings. The smallest absolute Gasteiger partial charge is 0.254 e. The van der Waals surface area contributed by atoms with Gasteiger partial charge >= 0.3 is 0 Å². The first kappa shape index (κ1) is 20.3. The number of aliphatic hydroxyl groups excluding tert-OH is 1. The van der Waals surface area contributed by atoms with Crippen molar-refractivity contribution in [3.63, 3.8) is 0 Å². The van der Waals surface area contributed by atoms with Gasteiger partial charge in [-0.3, -0.25) is 14.4 Å². The van der Waals surface area contributed by atoms with Crippen LogP contribution in [0.5, 0.6) is 0 Å². The number of nitrogens with zero attached hydrogens (tertiary/aromatic N) is 2. The van der Waals surface area contributed by atoms with Gasteiger partial charge in [0.1, 0.15) is 6.04 Å². The van der Waals surface area contributed by atoms with Gasteiger partial charge in [0.25, 0.3) is 5.91 Å². The summed E-state index contributed by atoms with van der Waals surface area (Å²) < 4.78 is 0. The van der Waals surface area contributed by atoms with Crippen molar-refractivity contribution in [3.8, 4) is 11.1 Å². The number of Topliss-reactive ketones (excluding diaryl/α,β-unsaturated/α-hetero) is 1. The minimum Gasteiger partial charge on any atom is -0.393 e. The molecule has 0 saturated carbocycles. The van der Waals surface area contributed by atoms with Gasteiger partial charge < -0.3 is 14.9 Å². The lowest BCUT2D eigenvalue weighted by Crippen LogP contribution is -2.50. The van der Waals surface area contributed by atoms with Gasteiger partial charge in [-0.2, -0.15) is 0 Å². The summed E-state index contributed by atoms with van der Waals surface area (Å²) in [6.07, 6.45) is 0.732. The van der Waals surface area contributed by atoms with E-state index < -0.39 is 6.04 Å². The Morgan fingerprint density at radius 2 is 1.67 bits per heavy atom. The van der Waals surface area contributed by atoms with E-state index in [0.717, 1.165) is 16.7 Å². The van der Waals surface area contributed by atoms with Gasteiger partial charge in [-0.05, 0) is 48.6 Å². The molecule has 2 amide bonds. The van der Waals surface area contributed by atoms with E-state index in [9.17, 15) is 19.5 Å².